The molecule has 0 radical (unpaired) electrons. The quantitative estimate of drug-likeness (QED) is 0.0426. The van der Waals surface area contributed by atoms with Crippen LogP contribution in [0.1, 0.15) is 134 Å². The van der Waals surface area contributed by atoms with Crippen LogP contribution in [0.25, 0.3) is 21.8 Å². The number of nitrogens with one attached hydrogen (secondary N) is 14. The van der Waals surface area contributed by atoms with Crippen LogP contribution in [0.5, 0.6) is 5.75 Å². The number of likely N-dealkylation sites (N-methyl/N-ethyl adjacent to an activating group) is 3. The maximum Gasteiger partial charge on any atom is 0.246 e. The third kappa shape index (κ3) is 26.2. The number of phenols is 1. The summed E-state index contributed by atoms with van der Waals surface area (Å²) < 4.78 is 0. The minimum Gasteiger partial charge on any atom is -0.508 e. The van der Waals surface area contributed by atoms with Crippen LogP contribution in [0.4, 0.5) is 0 Å². The van der Waals surface area contributed by atoms with Gasteiger partial charge in [-0.25, -0.2) is 4.98 Å². The maximum absolute atomic E-state index is 15.6. The molecule has 6 aromatic rings. The van der Waals surface area contributed by atoms with Gasteiger partial charge in [0.15, 0.2) is 0 Å². The van der Waals surface area contributed by atoms with Gasteiger partial charge in [0.2, 0.25) is 100 Å². The summed E-state index contributed by atoms with van der Waals surface area (Å²) in [5.41, 5.74) is 8.45. The lowest BCUT2D eigenvalue weighted by atomic mass is 10.00. The Hall–Kier alpha value is -13.0. The number of fused-ring (bicyclic) bond motifs is 12. The number of nitrogens with two attached hydrogens (primary N) is 1. The molecule has 41 nitrogen and oxygen atoms in total. The lowest BCUT2D eigenvalue weighted by Crippen LogP contribution is -2.61. The molecule has 4 fully saturated rings. The number of primary amides is 1. The number of thioether (sulfide) groups is 1. The van der Waals surface area contributed by atoms with E-state index in [0.717, 1.165) is 36.3 Å². The number of nitrogens with zero attached hydrogens (tertiary/aromatic N) is 6. The van der Waals surface area contributed by atoms with Gasteiger partial charge in [-0.05, 0) is 99.7 Å². The molecular formula is C88H119N21O20S. The zero-order valence-electron chi connectivity index (χ0n) is 73.8. The Morgan fingerprint density at radius 2 is 1.12 bits per heavy atom. The van der Waals surface area contributed by atoms with Crippen molar-refractivity contribution in [1.29, 1.82) is 0 Å². The highest BCUT2D eigenvalue weighted by Gasteiger charge is 2.47. The molecule has 0 spiro atoms. The zero-order chi connectivity index (χ0) is 94.2. The Balaban J connectivity index is 1.02. The predicted octanol–water partition coefficient (Wildman–Crippen LogP) is -2.40. The van der Waals surface area contributed by atoms with Crippen molar-refractivity contribution in [3.63, 3.8) is 0 Å². The second-order valence-electron chi connectivity index (χ2n) is 33.4. The lowest BCUT2D eigenvalue weighted by Gasteiger charge is -2.36. The molecule has 17 amide bonds. The number of carbonyl (C=O) groups excluding carboxylic acids is 17. The number of imidazole rings is 1. The molecule has 0 saturated carbocycles. The number of hydrogen-bond acceptors (Lipinski definition) is 22. The number of rotatable bonds is 18. The van der Waals surface area contributed by atoms with Crippen LogP contribution in [0.2, 0.25) is 0 Å². The highest BCUT2D eigenvalue weighted by Crippen LogP contribution is 2.28. The molecule has 10 rings (SSSR count). The summed E-state index contributed by atoms with van der Waals surface area (Å²) in [6.07, 6.45) is 4.41. The van der Waals surface area contributed by atoms with Gasteiger partial charge in [0.25, 0.3) is 0 Å². The first-order valence-corrected chi connectivity index (χ1v) is 45.0. The van der Waals surface area contributed by atoms with Gasteiger partial charge in [0.05, 0.1) is 37.8 Å². The Morgan fingerprint density at radius 3 is 1.75 bits per heavy atom. The number of aromatic amines is 3. The van der Waals surface area contributed by atoms with Gasteiger partial charge in [0, 0.05) is 125 Å². The molecule has 0 aliphatic carbocycles. The van der Waals surface area contributed by atoms with Crippen LogP contribution >= 0.6 is 11.8 Å². The second-order valence-corrected chi connectivity index (χ2v) is 34.4. The summed E-state index contributed by atoms with van der Waals surface area (Å²) in [6.45, 7) is 3.86. The van der Waals surface area contributed by atoms with Crippen LogP contribution in [0.3, 0.4) is 0 Å². The fourth-order valence-electron chi connectivity index (χ4n) is 16.4. The second kappa shape index (κ2) is 46.8. The third-order valence-corrected chi connectivity index (χ3v) is 25.0. The van der Waals surface area contributed by atoms with Crippen LogP contribution in [0, 0.1) is 0 Å². The number of aromatic hydroxyl groups is 1. The molecule has 2 bridgehead atoms. The van der Waals surface area contributed by atoms with E-state index in [1.54, 1.807) is 60.9 Å². The van der Waals surface area contributed by atoms with E-state index >= 15 is 38.4 Å². The Kier molecular flexibility index (Phi) is 35.7. The van der Waals surface area contributed by atoms with E-state index in [1.807, 2.05) is 13.8 Å². The Morgan fingerprint density at radius 1 is 0.546 bits per heavy atom. The van der Waals surface area contributed by atoms with E-state index in [4.69, 9.17) is 5.73 Å². The topological polar surface area (TPSA) is 586 Å². The van der Waals surface area contributed by atoms with Gasteiger partial charge in [-0.2, -0.15) is 0 Å². The molecule has 0 unspecified atom stereocenters. The molecule has 4 aliphatic heterocycles. The molecule has 42 heteroatoms. The molecule has 15 atom stereocenters. The van der Waals surface area contributed by atoms with Crippen molar-refractivity contribution in [3.05, 3.63) is 120 Å². The van der Waals surface area contributed by atoms with Crippen LogP contribution in [-0.4, -0.2) is 316 Å². The molecule has 3 aromatic carbocycles. The van der Waals surface area contributed by atoms with Crippen LogP contribution in [0.15, 0.2) is 97.7 Å². The van der Waals surface area contributed by atoms with Crippen molar-refractivity contribution in [1.82, 2.24) is 103 Å². The summed E-state index contributed by atoms with van der Waals surface area (Å²) in [7, 11) is 3.96. The van der Waals surface area contributed by atoms with Crippen molar-refractivity contribution in [2.75, 3.05) is 65.4 Å². The van der Waals surface area contributed by atoms with Gasteiger partial charge < -0.3 is 119 Å². The van der Waals surface area contributed by atoms with E-state index in [-0.39, 0.29) is 89.5 Å². The monoisotopic (exact) mass is 1820 g/mol. The summed E-state index contributed by atoms with van der Waals surface area (Å²) in [6, 6.07) is -1.63. The number of aliphatic hydroxyl groups excluding tert-OH is 2. The van der Waals surface area contributed by atoms with Crippen molar-refractivity contribution in [2.45, 2.75) is 228 Å². The average molecular weight is 1820 g/mol. The Labute approximate surface area is 754 Å². The first kappa shape index (κ1) is 99.2. The number of aromatic nitrogens is 4. The van der Waals surface area contributed by atoms with Gasteiger partial charge in [-0.1, -0.05) is 88.1 Å². The van der Waals surface area contributed by atoms with Crippen LogP contribution < -0.4 is 64.2 Å². The number of hydrogen-bond donors (Lipinski definition) is 18. The molecule has 3 aromatic heterocycles. The smallest absolute Gasteiger partial charge is 0.246 e. The molecule has 130 heavy (non-hydrogen) atoms. The minimum atomic E-state index is -1.88. The number of amides is 17. The van der Waals surface area contributed by atoms with E-state index in [0.29, 0.717) is 69.9 Å². The van der Waals surface area contributed by atoms with Gasteiger partial charge >= 0.3 is 0 Å². The van der Waals surface area contributed by atoms with Crippen molar-refractivity contribution in [3.8, 4) is 5.75 Å². The van der Waals surface area contributed by atoms with Gasteiger partial charge in [-0.3, -0.25) is 81.5 Å². The van der Waals surface area contributed by atoms with E-state index in [9.17, 15) is 58.5 Å². The van der Waals surface area contributed by atoms with Gasteiger partial charge in [-0.15, -0.1) is 11.8 Å². The van der Waals surface area contributed by atoms with Crippen molar-refractivity contribution >= 4 is 134 Å². The normalized spacial score (nSPS) is 26.1. The SMILES string of the molecule is CCCC[C@H]1C(=O)N(C)[C@@H](CCCC)C(=O)N[C@@H](C)C(=O)N[C@H](C(=O)NCC(N)=O)CSCC(=O)N[C@@H](Cc2ccc(O)cc2)C(=O)N(C)[C@@H](C)C(=O)N[C@H]2CC(=O)NCCCC[C@H](NC(=O)[C@H](Cc3cnc[nH]3)NC(=O)[C@@H]3CCCN3C2=O)C(=O)N2C[C@H](O)C[C@H]2C(=O)N[C@@H](Cc2c[nH]c3ccccc23)C(=O)N[C@@H](CO)C(=O)N[C@@H](Cc2c[nH]c3ccccc23)C(=O)N1C. The number of carbonyl (C=O) groups is 17. The largest absolute Gasteiger partial charge is 0.508 e. The summed E-state index contributed by atoms with van der Waals surface area (Å²) in [5, 5.41) is 63.4. The first-order valence-electron chi connectivity index (χ1n) is 43.8. The maximum atomic E-state index is 15.6. The number of aliphatic hydroxyl groups is 2. The number of benzene rings is 3. The molecule has 702 valence electrons. The molecule has 19 N–H and O–H groups in total. The highest BCUT2D eigenvalue weighted by molar-refractivity contribution is 8.00. The molecule has 4 saturated heterocycles. The minimum absolute atomic E-state index is 0.0202. The third-order valence-electron chi connectivity index (χ3n) is 24.0. The molecule has 7 heterocycles. The van der Waals surface area contributed by atoms with Crippen molar-refractivity contribution < 1.29 is 96.8 Å². The van der Waals surface area contributed by atoms with E-state index in [2.05, 4.69) is 78.4 Å². The number of H-pyrrole nitrogens is 3. The van der Waals surface area contributed by atoms with E-state index < -0.39 is 235 Å². The fourth-order valence-corrected chi connectivity index (χ4v) is 17.3. The van der Waals surface area contributed by atoms with E-state index in [1.165, 1.54) is 71.8 Å². The highest BCUT2D eigenvalue weighted by atomic mass is 32.2. The zero-order valence-corrected chi connectivity index (χ0v) is 74.6. The summed E-state index contributed by atoms with van der Waals surface area (Å²) in [4.78, 5) is 269. The van der Waals surface area contributed by atoms with Crippen molar-refractivity contribution in [2.24, 2.45) is 5.73 Å². The predicted molar refractivity (Wildman–Crippen MR) is 475 cm³/mol. The fraction of sp³-hybridized carbons (Fsp3) is 0.523. The average Bonchev–Trinajstić information content (AvgIpc) is 1.61. The Bertz CT molecular complexity index is 5070. The standard InChI is InChI=1S/C88H119N21O20S/c1-8-10-24-68-81(122)96-48(3)75(116)104-67(77(118)94-42-72(89)113)45-130-46-74(115)97-63(33-50-27-29-54(111)30-28-50)84(125)105(5)49(4)76(117)101-65-38-73(114)91-31-17-16-23-60(98-79(120)62(36-53-41-90-47-95-53)100-82(123)69-26-18-32-108(69)87(65)128)86(127)109-43-55(112)37-71(109)83(124)99-61(34-51-39-92-58-21-14-12-19-56(51)58)78(119)103-66(44-110)80(121)102-64(35-52-40-93-59-22-15-13-20-57(52)59)85(126)107(7)70(25-11-9-2)88(129)106(68)6/h12-15,19-22,27-30,39-41,47-49,55,60-71,92-93,110-112H,8-11,16-18,23-26,31-38,42-46H2,1-7H3,(H2,89,113)(H,90,95)(H,91,114)(H,94,118)(H,96,122)(H,97,115)(H,98,120)(H,99,124)(H,100,123)(H,101,117)(H,102,121)(H,103,119)(H,104,116)/t48-,49-,55+,60-,61-,62-,63-,64-,65-,66-,67-,68-,69-,70-,71-/m0/s1. The summed E-state index contributed by atoms with van der Waals surface area (Å²) >= 11 is 0.793. The van der Waals surface area contributed by atoms with Crippen LogP contribution in [-0.2, 0) is 107 Å². The number of unbranched alkanes of at least 4 members (excludes halogenated alkanes) is 2. The molecule has 4 aliphatic rings. The first-order chi connectivity index (χ1) is 62.2. The van der Waals surface area contributed by atoms with Gasteiger partial charge in [0.1, 0.15) is 90.3 Å². The number of phenolic OH excluding ortho intramolecular Hbond substituents is 1. The lowest BCUT2D eigenvalue weighted by molar-refractivity contribution is -0.149. The number of para-hydroxylation sites is 2. The molecular weight excluding hydrogens is 1700 g/mol. The summed E-state index contributed by atoms with van der Waals surface area (Å²) in [5.74, 6) is -16.4.